The molecule has 0 spiro atoms. The molecule has 1 aromatic carbocycles. The summed E-state index contributed by atoms with van der Waals surface area (Å²) in [5.41, 5.74) is 0.284. The average Bonchev–Trinajstić information content (AvgIpc) is 2.80. The lowest BCUT2D eigenvalue weighted by molar-refractivity contribution is 0.0941. The van der Waals surface area contributed by atoms with Gasteiger partial charge in [0.2, 0.25) is 0 Å². The number of unbranched alkanes of at least 4 members (excludes halogenated alkanes) is 1. The number of ether oxygens (including phenoxy) is 1. The smallest absolute Gasteiger partial charge is 0.251 e. The molecule has 128 valence electrons. The van der Waals surface area contributed by atoms with E-state index in [4.69, 9.17) is 27.9 Å². The van der Waals surface area contributed by atoms with Crippen molar-refractivity contribution in [3.63, 3.8) is 0 Å². The van der Waals surface area contributed by atoms with Crippen LogP contribution in [0.2, 0.25) is 10.0 Å². The van der Waals surface area contributed by atoms with Crippen LogP contribution in [-0.4, -0.2) is 38.5 Å². The van der Waals surface area contributed by atoms with Crippen molar-refractivity contribution in [1.82, 2.24) is 5.32 Å². The maximum Gasteiger partial charge on any atom is 0.251 e. The fourth-order valence-electron chi connectivity index (χ4n) is 2.33. The fraction of sp³-hybridized carbons (Fsp3) is 0.533. The number of benzene rings is 1. The number of hydrogen-bond acceptors (Lipinski definition) is 4. The van der Waals surface area contributed by atoms with Crippen molar-refractivity contribution in [3.8, 4) is 5.75 Å². The van der Waals surface area contributed by atoms with Gasteiger partial charge in [-0.3, -0.25) is 4.79 Å². The van der Waals surface area contributed by atoms with Gasteiger partial charge in [-0.1, -0.05) is 36.5 Å². The third-order valence-electron chi connectivity index (χ3n) is 3.57. The molecular weight excluding hydrogens is 361 g/mol. The van der Waals surface area contributed by atoms with Gasteiger partial charge in [-0.2, -0.15) is 0 Å². The molecule has 1 aliphatic heterocycles. The first kappa shape index (κ1) is 18.4. The van der Waals surface area contributed by atoms with Gasteiger partial charge < -0.3 is 10.1 Å². The van der Waals surface area contributed by atoms with Crippen molar-refractivity contribution in [2.75, 3.05) is 18.1 Å². The second-order valence-electron chi connectivity index (χ2n) is 5.54. The van der Waals surface area contributed by atoms with Crippen LogP contribution >= 0.6 is 23.2 Å². The monoisotopic (exact) mass is 379 g/mol. The molecule has 0 aliphatic carbocycles. The summed E-state index contributed by atoms with van der Waals surface area (Å²) in [4.78, 5) is 12.2. The molecule has 1 saturated heterocycles. The summed E-state index contributed by atoms with van der Waals surface area (Å²) in [6.07, 6.45) is 2.29. The molecule has 5 nitrogen and oxygen atoms in total. The Morgan fingerprint density at radius 3 is 2.52 bits per heavy atom. The van der Waals surface area contributed by atoms with Gasteiger partial charge >= 0.3 is 0 Å². The molecule has 23 heavy (non-hydrogen) atoms. The minimum Gasteiger partial charge on any atom is -0.490 e. The normalized spacial score (nSPS) is 19.5. The SMILES string of the molecule is CCCCOc1c(Cl)cc(C(=O)N[C@@H]2CCS(=O)(=O)C2)cc1Cl. The Balaban J connectivity index is 2.06. The van der Waals surface area contributed by atoms with Gasteiger partial charge in [-0.25, -0.2) is 8.42 Å². The molecule has 1 atom stereocenters. The summed E-state index contributed by atoms with van der Waals surface area (Å²) in [7, 11) is -3.05. The van der Waals surface area contributed by atoms with Crippen LogP contribution in [0.5, 0.6) is 5.75 Å². The largest absolute Gasteiger partial charge is 0.490 e. The lowest BCUT2D eigenvalue weighted by atomic mass is 10.1. The average molecular weight is 380 g/mol. The number of halogens is 2. The maximum absolute atomic E-state index is 12.2. The van der Waals surface area contributed by atoms with Crippen molar-refractivity contribution in [2.24, 2.45) is 0 Å². The van der Waals surface area contributed by atoms with Crippen LogP contribution in [0.3, 0.4) is 0 Å². The van der Waals surface area contributed by atoms with Gasteiger partial charge in [0, 0.05) is 11.6 Å². The summed E-state index contributed by atoms with van der Waals surface area (Å²) in [5, 5.41) is 3.22. The van der Waals surface area contributed by atoms with Crippen LogP contribution in [0.4, 0.5) is 0 Å². The molecule has 0 aromatic heterocycles. The fourth-order valence-corrected chi connectivity index (χ4v) is 4.59. The standard InChI is InChI=1S/C15H19Cl2NO4S/c1-2-3-5-22-14-12(16)7-10(8-13(14)17)15(19)18-11-4-6-23(20,21)9-11/h7-8,11H,2-6,9H2,1H3,(H,18,19)/t11-/m1/s1. The van der Waals surface area contributed by atoms with Crippen molar-refractivity contribution < 1.29 is 17.9 Å². The van der Waals surface area contributed by atoms with Gasteiger partial charge in [-0.05, 0) is 25.0 Å². The molecule has 1 aliphatic rings. The number of sulfone groups is 1. The molecule has 1 aromatic rings. The van der Waals surface area contributed by atoms with E-state index in [0.717, 1.165) is 12.8 Å². The van der Waals surface area contributed by atoms with E-state index >= 15 is 0 Å². The van der Waals surface area contributed by atoms with Crippen LogP contribution in [0.15, 0.2) is 12.1 Å². The number of nitrogens with one attached hydrogen (secondary N) is 1. The molecule has 1 amide bonds. The van der Waals surface area contributed by atoms with E-state index in [1.54, 1.807) is 0 Å². The first-order valence-electron chi connectivity index (χ1n) is 7.45. The van der Waals surface area contributed by atoms with Gasteiger partial charge in [0.1, 0.15) is 0 Å². The van der Waals surface area contributed by atoms with Gasteiger partial charge in [0.15, 0.2) is 15.6 Å². The molecule has 0 radical (unpaired) electrons. The lowest BCUT2D eigenvalue weighted by Gasteiger charge is -2.14. The topological polar surface area (TPSA) is 72.5 Å². The minimum atomic E-state index is -3.05. The zero-order valence-electron chi connectivity index (χ0n) is 12.8. The van der Waals surface area contributed by atoms with E-state index in [-0.39, 0.29) is 33.2 Å². The Labute approximate surface area is 146 Å². The molecule has 0 saturated carbocycles. The Hall–Kier alpha value is -0.980. The third kappa shape index (κ3) is 4.99. The van der Waals surface area contributed by atoms with E-state index in [2.05, 4.69) is 5.32 Å². The van der Waals surface area contributed by atoms with Crippen LogP contribution in [-0.2, 0) is 9.84 Å². The Kier molecular flexibility index (Phi) is 6.17. The first-order chi connectivity index (χ1) is 10.8. The predicted molar refractivity (Wildman–Crippen MR) is 91.4 cm³/mol. The molecule has 8 heteroatoms. The van der Waals surface area contributed by atoms with Crippen molar-refractivity contribution >= 4 is 38.9 Å². The van der Waals surface area contributed by atoms with E-state index < -0.39 is 15.7 Å². The first-order valence-corrected chi connectivity index (χ1v) is 10.0. The van der Waals surface area contributed by atoms with Crippen LogP contribution in [0.1, 0.15) is 36.5 Å². The second-order valence-corrected chi connectivity index (χ2v) is 8.59. The van der Waals surface area contributed by atoms with Crippen molar-refractivity contribution in [1.29, 1.82) is 0 Å². The zero-order chi connectivity index (χ0) is 17.0. The molecule has 0 bridgehead atoms. The predicted octanol–water partition coefficient (Wildman–Crippen LogP) is 3.09. The highest BCUT2D eigenvalue weighted by Crippen LogP contribution is 2.34. The van der Waals surface area contributed by atoms with Crippen LogP contribution in [0, 0.1) is 0 Å². The highest BCUT2D eigenvalue weighted by atomic mass is 35.5. The van der Waals surface area contributed by atoms with Crippen LogP contribution < -0.4 is 10.1 Å². The Morgan fingerprint density at radius 1 is 1.35 bits per heavy atom. The summed E-state index contributed by atoms with van der Waals surface area (Å²) >= 11 is 12.3. The van der Waals surface area contributed by atoms with Crippen LogP contribution in [0.25, 0.3) is 0 Å². The highest BCUT2D eigenvalue weighted by molar-refractivity contribution is 7.91. The summed E-state index contributed by atoms with van der Waals surface area (Å²) in [5.74, 6) is 0.0417. The molecule has 0 unspecified atom stereocenters. The zero-order valence-corrected chi connectivity index (χ0v) is 15.1. The van der Waals surface area contributed by atoms with Crippen molar-refractivity contribution in [3.05, 3.63) is 27.7 Å². The van der Waals surface area contributed by atoms with Gasteiger partial charge in [-0.15, -0.1) is 0 Å². The van der Waals surface area contributed by atoms with Gasteiger partial charge in [0.25, 0.3) is 5.91 Å². The molecule has 1 fully saturated rings. The van der Waals surface area contributed by atoms with Crippen molar-refractivity contribution in [2.45, 2.75) is 32.2 Å². The number of hydrogen-bond donors (Lipinski definition) is 1. The highest BCUT2D eigenvalue weighted by Gasteiger charge is 2.29. The van der Waals surface area contributed by atoms with E-state index in [9.17, 15) is 13.2 Å². The maximum atomic E-state index is 12.2. The second kappa shape index (κ2) is 7.73. The van der Waals surface area contributed by atoms with E-state index in [1.807, 2.05) is 6.92 Å². The third-order valence-corrected chi connectivity index (χ3v) is 5.90. The Bertz CT molecular complexity index is 668. The molecule has 1 heterocycles. The molecule has 2 rings (SSSR count). The number of carbonyl (C=O) groups is 1. The summed E-state index contributed by atoms with van der Waals surface area (Å²) < 4.78 is 28.4. The number of rotatable bonds is 6. The number of carbonyl (C=O) groups excluding carboxylic acids is 1. The summed E-state index contributed by atoms with van der Waals surface area (Å²) in [6, 6.07) is 2.59. The van der Waals surface area contributed by atoms with E-state index in [0.29, 0.717) is 18.8 Å². The number of amides is 1. The molecular formula is C15H19Cl2NO4S. The Morgan fingerprint density at radius 2 is 2.00 bits per heavy atom. The summed E-state index contributed by atoms with van der Waals surface area (Å²) in [6.45, 7) is 2.55. The quantitative estimate of drug-likeness (QED) is 0.770. The van der Waals surface area contributed by atoms with Gasteiger partial charge in [0.05, 0.1) is 28.2 Å². The van der Waals surface area contributed by atoms with E-state index in [1.165, 1.54) is 12.1 Å². The minimum absolute atomic E-state index is 0.0293. The lowest BCUT2D eigenvalue weighted by Crippen LogP contribution is -2.35. The molecule has 1 N–H and O–H groups in total.